The monoisotopic (exact) mass is 463 g/mol. The number of rotatable bonds is 5. The minimum Gasteiger partial charge on any atom is -0.458 e. The second-order valence-electron chi connectivity index (χ2n) is 12.6. The molecule has 3 N–H and O–H groups in total. The molecule has 1 heterocycles. The van der Waals surface area contributed by atoms with E-state index in [0.29, 0.717) is 12.5 Å². The average Bonchev–Trinajstić information content (AvgIpc) is 3.30. The van der Waals surface area contributed by atoms with Crippen molar-refractivity contribution in [3.8, 4) is 0 Å². The molecule has 2 saturated carbocycles. The number of ether oxygens (including phenoxy) is 1. The third kappa shape index (κ3) is 6.09. The number of hydrogen-bond acceptors (Lipinski definition) is 5. The van der Waals surface area contributed by atoms with Crippen molar-refractivity contribution in [1.29, 1.82) is 0 Å². The van der Waals surface area contributed by atoms with E-state index < -0.39 is 29.1 Å². The molecule has 188 valence electrons. The van der Waals surface area contributed by atoms with Crippen molar-refractivity contribution in [2.75, 3.05) is 6.54 Å². The van der Waals surface area contributed by atoms with Gasteiger partial charge in [0.25, 0.3) is 0 Å². The van der Waals surface area contributed by atoms with Crippen molar-refractivity contribution in [2.45, 2.75) is 117 Å². The molecule has 3 fully saturated rings. The Hall–Kier alpha value is -1.63. The molecule has 7 nitrogen and oxygen atoms in total. The molecule has 2 amide bonds. The van der Waals surface area contributed by atoms with Crippen LogP contribution < -0.4 is 11.1 Å². The number of esters is 1. The molecule has 0 aromatic carbocycles. The van der Waals surface area contributed by atoms with Gasteiger partial charge in [0.2, 0.25) is 11.8 Å². The maximum Gasteiger partial charge on any atom is 0.329 e. The van der Waals surface area contributed by atoms with E-state index in [1.807, 2.05) is 41.5 Å². The number of nitrogens with two attached hydrogens (primary N) is 1. The quantitative estimate of drug-likeness (QED) is 0.609. The second-order valence-corrected chi connectivity index (χ2v) is 12.6. The van der Waals surface area contributed by atoms with E-state index >= 15 is 0 Å². The van der Waals surface area contributed by atoms with Gasteiger partial charge in [-0.25, -0.2) is 4.79 Å². The summed E-state index contributed by atoms with van der Waals surface area (Å²) < 4.78 is 5.73. The first-order valence-corrected chi connectivity index (χ1v) is 12.9. The molecule has 3 unspecified atom stereocenters. The van der Waals surface area contributed by atoms with Gasteiger partial charge >= 0.3 is 5.97 Å². The summed E-state index contributed by atoms with van der Waals surface area (Å²) >= 11 is 0. The van der Waals surface area contributed by atoms with Gasteiger partial charge in [0.05, 0.1) is 6.04 Å². The van der Waals surface area contributed by atoms with Crippen LogP contribution in [-0.4, -0.2) is 53.0 Å². The smallest absolute Gasteiger partial charge is 0.329 e. The molecular weight excluding hydrogens is 418 g/mol. The lowest BCUT2D eigenvalue weighted by atomic mass is 9.82. The zero-order valence-electron chi connectivity index (χ0n) is 21.5. The molecule has 1 saturated heterocycles. The predicted octanol–water partition coefficient (Wildman–Crippen LogP) is 3.39. The van der Waals surface area contributed by atoms with Crippen molar-refractivity contribution >= 4 is 17.8 Å². The molecule has 0 aromatic heterocycles. The van der Waals surface area contributed by atoms with Crippen LogP contribution >= 0.6 is 0 Å². The molecule has 0 radical (unpaired) electrons. The molecule has 0 spiro atoms. The molecule has 3 rings (SSSR count). The van der Waals surface area contributed by atoms with Gasteiger partial charge in [-0.2, -0.15) is 0 Å². The Kier molecular flexibility index (Phi) is 7.82. The van der Waals surface area contributed by atoms with Gasteiger partial charge in [0.1, 0.15) is 17.7 Å². The van der Waals surface area contributed by atoms with E-state index in [9.17, 15) is 14.4 Å². The van der Waals surface area contributed by atoms with Gasteiger partial charge < -0.3 is 20.7 Å². The topological polar surface area (TPSA) is 102 Å². The standard InChI is InChI=1S/C26H45N3O4/c1-25(2,3)21(28-22(30)19(27)16-11-8-7-9-12-16)23(31)29-15-17-13-10-14-18(17)20(29)24(32)33-26(4,5)6/h16-21H,7-15,27H2,1-6H3,(H,28,30)/t17?,18?,19-,20-,21?/m0/s1. The molecule has 7 heteroatoms. The minimum atomic E-state index is -0.747. The van der Waals surface area contributed by atoms with Crippen LogP contribution in [-0.2, 0) is 19.1 Å². The molecule has 0 bridgehead atoms. The van der Waals surface area contributed by atoms with Crippen molar-refractivity contribution in [1.82, 2.24) is 10.2 Å². The van der Waals surface area contributed by atoms with Crippen LogP contribution in [0.25, 0.3) is 0 Å². The third-order valence-corrected chi connectivity index (χ3v) is 7.68. The fourth-order valence-electron chi connectivity index (χ4n) is 5.96. The average molecular weight is 464 g/mol. The van der Waals surface area contributed by atoms with Gasteiger partial charge in [0.15, 0.2) is 0 Å². The zero-order valence-corrected chi connectivity index (χ0v) is 21.5. The second kappa shape index (κ2) is 9.93. The van der Waals surface area contributed by atoms with Crippen molar-refractivity contribution in [3.05, 3.63) is 0 Å². The molecule has 1 aliphatic heterocycles. The number of nitrogens with one attached hydrogen (secondary N) is 1. The van der Waals surface area contributed by atoms with Gasteiger partial charge in [0, 0.05) is 6.54 Å². The Balaban J connectivity index is 1.79. The Bertz CT molecular complexity index is 733. The summed E-state index contributed by atoms with van der Waals surface area (Å²) in [5.41, 5.74) is 5.21. The van der Waals surface area contributed by atoms with E-state index in [1.165, 1.54) is 6.42 Å². The van der Waals surface area contributed by atoms with E-state index in [4.69, 9.17) is 10.5 Å². The number of nitrogens with zero attached hydrogens (tertiary/aromatic N) is 1. The first-order valence-electron chi connectivity index (χ1n) is 12.9. The number of amides is 2. The number of fused-ring (bicyclic) bond motifs is 1. The van der Waals surface area contributed by atoms with Crippen LogP contribution in [0.2, 0.25) is 0 Å². The van der Waals surface area contributed by atoms with Gasteiger partial charge in [-0.15, -0.1) is 0 Å². The Labute approximate surface area is 199 Å². The molecule has 2 aliphatic carbocycles. The first kappa shape index (κ1) is 26.0. The zero-order chi connectivity index (χ0) is 24.6. The van der Waals surface area contributed by atoms with Crippen molar-refractivity contribution < 1.29 is 19.1 Å². The highest BCUT2D eigenvalue weighted by Crippen LogP contribution is 2.43. The summed E-state index contributed by atoms with van der Waals surface area (Å²) in [6, 6.07) is -1.94. The number of likely N-dealkylation sites (tertiary alicyclic amines) is 1. The highest BCUT2D eigenvalue weighted by molar-refractivity contribution is 5.93. The lowest BCUT2D eigenvalue weighted by molar-refractivity contribution is -0.165. The van der Waals surface area contributed by atoms with Crippen LogP contribution in [0.15, 0.2) is 0 Å². The molecule has 33 heavy (non-hydrogen) atoms. The highest BCUT2D eigenvalue weighted by atomic mass is 16.6. The summed E-state index contributed by atoms with van der Waals surface area (Å²) in [5.74, 6) is -0.185. The summed E-state index contributed by atoms with van der Waals surface area (Å²) in [6.45, 7) is 11.9. The Morgan fingerprint density at radius 1 is 0.939 bits per heavy atom. The van der Waals surface area contributed by atoms with Crippen LogP contribution in [0, 0.1) is 23.2 Å². The molecular formula is C26H45N3O4. The van der Waals surface area contributed by atoms with E-state index in [2.05, 4.69) is 5.32 Å². The van der Waals surface area contributed by atoms with Crippen LogP contribution in [0.4, 0.5) is 0 Å². The molecule has 5 atom stereocenters. The van der Waals surface area contributed by atoms with E-state index in [1.54, 1.807) is 4.90 Å². The SMILES string of the molecule is CC(C)(C)OC(=O)[C@@H]1C2CCCC2CN1C(=O)C(NC(=O)[C@@H](N)C1CCCCC1)C(C)(C)C. The lowest BCUT2D eigenvalue weighted by Crippen LogP contribution is -2.60. The fraction of sp³-hybridized carbons (Fsp3) is 0.885. The largest absolute Gasteiger partial charge is 0.458 e. The normalized spacial score (nSPS) is 28.2. The predicted molar refractivity (Wildman–Crippen MR) is 128 cm³/mol. The Morgan fingerprint density at radius 2 is 1.58 bits per heavy atom. The summed E-state index contributed by atoms with van der Waals surface area (Å²) in [7, 11) is 0. The van der Waals surface area contributed by atoms with Crippen LogP contribution in [0.1, 0.15) is 92.9 Å². The van der Waals surface area contributed by atoms with Crippen molar-refractivity contribution in [2.24, 2.45) is 28.9 Å². The summed E-state index contributed by atoms with van der Waals surface area (Å²) in [4.78, 5) is 41.9. The number of carbonyl (C=O) groups is 3. The van der Waals surface area contributed by atoms with Gasteiger partial charge in [-0.1, -0.05) is 46.5 Å². The van der Waals surface area contributed by atoms with Crippen LogP contribution in [0.3, 0.4) is 0 Å². The maximum absolute atomic E-state index is 13.9. The van der Waals surface area contributed by atoms with E-state index in [0.717, 1.165) is 44.9 Å². The maximum atomic E-state index is 13.9. The molecule has 3 aliphatic rings. The van der Waals surface area contributed by atoms with Crippen LogP contribution in [0.5, 0.6) is 0 Å². The van der Waals surface area contributed by atoms with Gasteiger partial charge in [-0.3, -0.25) is 9.59 Å². The van der Waals surface area contributed by atoms with Gasteiger partial charge in [-0.05, 0) is 69.6 Å². The Morgan fingerprint density at radius 3 is 2.15 bits per heavy atom. The molecule has 0 aromatic rings. The number of hydrogen-bond donors (Lipinski definition) is 2. The minimum absolute atomic E-state index is 0.129. The summed E-state index contributed by atoms with van der Waals surface area (Å²) in [6.07, 6.45) is 8.33. The van der Waals surface area contributed by atoms with Crippen molar-refractivity contribution in [3.63, 3.8) is 0 Å². The first-order chi connectivity index (χ1) is 15.3. The fourth-order valence-corrected chi connectivity index (χ4v) is 5.96. The highest BCUT2D eigenvalue weighted by Gasteiger charge is 2.53. The third-order valence-electron chi connectivity index (χ3n) is 7.68. The summed E-state index contributed by atoms with van der Waals surface area (Å²) in [5, 5.41) is 3.00. The lowest BCUT2D eigenvalue weighted by Gasteiger charge is -2.37. The van der Waals surface area contributed by atoms with E-state index in [-0.39, 0.29) is 29.6 Å². The number of carbonyl (C=O) groups excluding carboxylic acids is 3.